The second kappa shape index (κ2) is 7.31. The van der Waals surface area contributed by atoms with Gasteiger partial charge >= 0.3 is 0 Å². The van der Waals surface area contributed by atoms with E-state index >= 15 is 0 Å². The third-order valence-electron chi connectivity index (χ3n) is 5.05. The first kappa shape index (κ1) is 18.7. The van der Waals surface area contributed by atoms with Gasteiger partial charge in [0.15, 0.2) is 5.96 Å². The molecule has 1 saturated carbocycles. The van der Waals surface area contributed by atoms with E-state index in [4.69, 9.17) is 4.74 Å². The molecule has 0 bridgehead atoms. The summed E-state index contributed by atoms with van der Waals surface area (Å²) < 4.78 is 5.63. The summed E-state index contributed by atoms with van der Waals surface area (Å²) in [5.41, 5.74) is -0.0695. The third kappa shape index (κ3) is 3.91. The molecular weight excluding hydrogens is 280 g/mol. The van der Waals surface area contributed by atoms with Crippen LogP contribution < -0.4 is 16.0 Å². The molecule has 0 aromatic rings. The van der Waals surface area contributed by atoms with Crippen molar-refractivity contribution in [2.75, 3.05) is 27.2 Å². The Kier molecular flexibility index (Phi) is 6.23. The van der Waals surface area contributed by atoms with Crippen LogP contribution in [-0.2, 0) is 9.53 Å². The maximum Gasteiger partial charge on any atom is 0.222 e. The lowest BCUT2D eigenvalue weighted by atomic mass is 9.56. The largest absolute Gasteiger partial charge is 0.378 e. The van der Waals surface area contributed by atoms with Gasteiger partial charge in [-0.25, -0.2) is 0 Å². The summed E-state index contributed by atoms with van der Waals surface area (Å²) in [5.74, 6) is 0.843. The Labute approximate surface area is 134 Å². The summed E-state index contributed by atoms with van der Waals surface area (Å²) in [6.07, 6.45) is 0.946. The number of carbonyl (C=O) groups is 1. The van der Waals surface area contributed by atoms with Gasteiger partial charge in [0.05, 0.1) is 5.60 Å². The topological polar surface area (TPSA) is 74.8 Å². The van der Waals surface area contributed by atoms with Gasteiger partial charge < -0.3 is 20.7 Å². The summed E-state index contributed by atoms with van der Waals surface area (Å²) >= 11 is 0. The van der Waals surface area contributed by atoms with Gasteiger partial charge in [0, 0.05) is 44.6 Å². The van der Waals surface area contributed by atoms with E-state index in [-0.39, 0.29) is 22.8 Å². The van der Waals surface area contributed by atoms with Crippen molar-refractivity contribution in [2.24, 2.45) is 16.3 Å². The van der Waals surface area contributed by atoms with E-state index in [0.717, 1.165) is 12.4 Å². The Bertz CT molecular complexity index is 420. The molecule has 2 atom stereocenters. The van der Waals surface area contributed by atoms with Gasteiger partial charge in [-0.1, -0.05) is 27.7 Å². The first-order valence-corrected chi connectivity index (χ1v) is 7.98. The van der Waals surface area contributed by atoms with E-state index in [1.807, 2.05) is 13.8 Å². The number of amides is 1. The van der Waals surface area contributed by atoms with E-state index in [2.05, 4.69) is 41.7 Å². The normalized spacial score (nSPS) is 27.3. The molecule has 1 fully saturated rings. The summed E-state index contributed by atoms with van der Waals surface area (Å²) in [5, 5.41) is 9.55. The SMILES string of the molecule is CN=C(NCCNC(=O)C(C)C)NC1CC(C)(OC)C1(C)C. The highest BCUT2D eigenvalue weighted by Crippen LogP contribution is 2.51. The summed E-state index contributed by atoms with van der Waals surface area (Å²) in [4.78, 5) is 15.7. The van der Waals surface area contributed by atoms with Crippen molar-refractivity contribution in [3.8, 4) is 0 Å². The third-order valence-corrected chi connectivity index (χ3v) is 5.05. The zero-order chi connectivity index (χ0) is 17.0. The van der Waals surface area contributed by atoms with Crippen LogP contribution in [0.3, 0.4) is 0 Å². The molecule has 0 aromatic heterocycles. The minimum absolute atomic E-state index is 0.0138. The van der Waals surface area contributed by atoms with Crippen LogP contribution in [0.5, 0.6) is 0 Å². The molecule has 1 rings (SSSR count). The molecule has 0 heterocycles. The molecular formula is C16H32N4O2. The van der Waals surface area contributed by atoms with Crippen molar-refractivity contribution in [3.05, 3.63) is 0 Å². The fraction of sp³-hybridized carbons (Fsp3) is 0.875. The predicted molar refractivity (Wildman–Crippen MR) is 89.9 cm³/mol. The van der Waals surface area contributed by atoms with Gasteiger partial charge in [-0.3, -0.25) is 9.79 Å². The minimum Gasteiger partial charge on any atom is -0.378 e. The van der Waals surface area contributed by atoms with Crippen molar-refractivity contribution >= 4 is 11.9 Å². The second-order valence-electron chi connectivity index (χ2n) is 7.00. The smallest absolute Gasteiger partial charge is 0.222 e. The summed E-state index contributed by atoms with van der Waals surface area (Å²) in [6.45, 7) is 11.5. The molecule has 3 N–H and O–H groups in total. The summed E-state index contributed by atoms with van der Waals surface area (Å²) in [7, 11) is 3.52. The average Bonchev–Trinajstić information content (AvgIpc) is 2.48. The van der Waals surface area contributed by atoms with Crippen molar-refractivity contribution in [1.82, 2.24) is 16.0 Å². The molecule has 0 aromatic carbocycles. The Morgan fingerprint density at radius 2 is 1.86 bits per heavy atom. The van der Waals surface area contributed by atoms with Gasteiger partial charge in [0.2, 0.25) is 5.91 Å². The average molecular weight is 312 g/mol. The van der Waals surface area contributed by atoms with Crippen molar-refractivity contribution in [3.63, 3.8) is 0 Å². The number of nitrogens with zero attached hydrogens (tertiary/aromatic N) is 1. The quantitative estimate of drug-likeness (QED) is 0.390. The Morgan fingerprint density at radius 1 is 1.27 bits per heavy atom. The maximum absolute atomic E-state index is 11.5. The number of carbonyl (C=O) groups excluding carboxylic acids is 1. The number of guanidine groups is 1. The molecule has 0 aliphatic heterocycles. The molecule has 1 aliphatic rings. The molecule has 6 nitrogen and oxygen atoms in total. The van der Waals surface area contributed by atoms with Crippen LogP contribution in [0.25, 0.3) is 0 Å². The summed E-state index contributed by atoms with van der Waals surface area (Å²) in [6, 6.07) is 0.314. The molecule has 0 saturated heterocycles. The van der Waals surface area contributed by atoms with Gasteiger partial charge in [0.1, 0.15) is 0 Å². The van der Waals surface area contributed by atoms with E-state index in [1.165, 1.54) is 0 Å². The van der Waals surface area contributed by atoms with Crippen molar-refractivity contribution < 1.29 is 9.53 Å². The highest BCUT2D eigenvalue weighted by molar-refractivity contribution is 5.80. The Hall–Kier alpha value is -1.30. The van der Waals surface area contributed by atoms with Crippen LogP contribution in [0.1, 0.15) is 41.0 Å². The lowest BCUT2D eigenvalue weighted by molar-refractivity contribution is -0.176. The number of methoxy groups -OCH3 is 1. The van der Waals surface area contributed by atoms with E-state index in [1.54, 1.807) is 14.2 Å². The van der Waals surface area contributed by atoms with Crippen LogP contribution in [0, 0.1) is 11.3 Å². The van der Waals surface area contributed by atoms with Gasteiger partial charge in [-0.05, 0) is 13.3 Å². The molecule has 1 aliphatic carbocycles. The van der Waals surface area contributed by atoms with Gasteiger partial charge in [-0.2, -0.15) is 0 Å². The minimum atomic E-state index is -0.102. The fourth-order valence-electron chi connectivity index (χ4n) is 2.65. The molecule has 2 unspecified atom stereocenters. The zero-order valence-corrected chi connectivity index (χ0v) is 15.0. The number of rotatable bonds is 6. The number of nitrogens with one attached hydrogen (secondary N) is 3. The number of ether oxygens (including phenoxy) is 1. The number of hydrogen-bond donors (Lipinski definition) is 3. The number of hydrogen-bond acceptors (Lipinski definition) is 3. The van der Waals surface area contributed by atoms with Crippen LogP contribution >= 0.6 is 0 Å². The van der Waals surface area contributed by atoms with Crippen LogP contribution in [0.4, 0.5) is 0 Å². The highest BCUT2D eigenvalue weighted by Gasteiger charge is 2.57. The van der Waals surface area contributed by atoms with Crippen LogP contribution in [0.2, 0.25) is 0 Å². The lowest BCUT2D eigenvalue weighted by Crippen LogP contribution is -2.69. The molecule has 22 heavy (non-hydrogen) atoms. The first-order chi connectivity index (χ1) is 10.2. The molecule has 128 valence electrons. The maximum atomic E-state index is 11.5. The van der Waals surface area contributed by atoms with Crippen LogP contribution in [-0.4, -0.2) is 50.8 Å². The zero-order valence-electron chi connectivity index (χ0n) is 15.0. The van der Waals surface area contributed by atoms with Gasteiger partial charge in [0.25, 0.3) is 0 Å². The van der Waals surface area contributed by atoms with Gasteiger partial charge in [-0.15, -0.1) is 0 Å². The van der Waals surface area contributed by atoms with E-state index in [0.29, 0.717) is 19.1 Å². The standard InChI is InChI=1S/C16H32N4O2/c1-11(2)13(21)18-8-9-19-14(17-6)20-12-10-16(5,22-7)15(12,3)4/h11-12H,8-10H2,1-7H3,(H,18,21)(H2,17,19,20). The molecule has 6 heteroatoms. The number of aliphatic imine (C=N–C) groups is 1. The fourth-order valence-corrected chi connectivity index (χ4v) is 2.65. The Morgan fingerprint density at radius 3 is 2.32 bits per heavy atom. The Balaban J connectivity index is 2.37. The van der Waals surface area contributed by atoms with Crippen molar-refractivity contribution in [2.45, 2.75) is 52.7 Å². The lowest BCUT2D eigenvalue weighted by Gasteiger charge is -2.59. The van der Waals surface area contributed by atoms with Crippen LogP contribution in [0.15, 0.2) is 4.99 Å². The first-order valence-electron chi connectivity index (χ1n) is 7.98. The molecule has 0 radical (unpaired) electrons. The monoisotopic (exact) mass is 312 g/mol. The van der Waals surface area contributed by atoms with E-state index < -0.39 is 0 Å². The molecule has 0 spiro atoms. The predicted octanol–water partition coefficient (Wildman–Crippen LogP) is 1.13. The van der Waals surface area contributed by atoms with E-state index in [9.17, 15) is 4.79 Å². The van der Waals surface area contributed by atoms with Crippen molar-refractivity contribution in [1.29, 1.82) is 0 Å². The highest BCUT2D eigenvalue weighted by atomic mass is 16.5. The second-order valence-corrected chi connectivity index (χ2v) is 7.00. The molecule has 1 amide bonds.